The number of nitrogens with zero attached hydrogens (tertiary/aromatic N) is 4. The molecule has 0 radical (unpaired) electrons. The standard InChI is InChI=1S/C18H19N5/c1-3-23-16-11-7-5-9-14(16)21-18(23)19-12-17-20-13-8-4-6-10-15(13)22(17)2/h4-11H,3,12H2,1-2H3,(H,19,21). The van der Waals surface area contributed by atoms with E-state index in [0.29, 0.717) is 6.54 Å². The van der Waals surface area contributed by atoms with Crippen LogP contribution in [0.15, 0.2) is 48.5 Å². The summed E-state index contributed by atoms with van der Waals surface area (Å²) in [5, 5.41) is 3.44. The molecule has 116 valence electrons. The molecule has 2 heterocycles. The molecule has 0 aliphatic carbocycles. The molecule has 0 aliphatic rings. The summed E-state index contributed by atoms with van der Waals surface area (Å²) in [6.07, 6.45) is 0. The van der Waals surface area contributed by atoms with Gasteiger partial charge < -0.3 is 14.5 Å². The van der Waals surface area contributed by atoms with Crippen molar-refractivity contribution in [2.75, 3.05) is 5.32 Å². The molecule has 5 nitrogen and oxygen atoms in total. The zero-order chi connectivity index (χ0) is 15.8. The Morgan fingerprint density at radius 2 is 1.57 bits per heavy atom. The Morgan fingerprint density at radius 1 is 0.913 bits per heavy atom. The molecule has 4 aromatic rings. The molecule has 0 aliphatic heterocycles. The Labute approximate surface area is 134 Å². The molecular weight excluding hydrogens is 286 g/mol. The summed E-state index contributed by atoms with van der Waals surface area (Å²) >= 11 is 0. The quantitative estimate of drug-likeness (QED) is 0.627. The van der Waals surface area contributed by atoms with Gasteiger partial charge >= 0.3 is 0 Å². The Balaban J connectivity index is 1.67. The van der Waals surface area contributed by atoms with Gasteiger partial charge in [0.1, 0.15) is 5.82 Å². The van der Waals surface area contributed by atoms with Crippen molar-refractivity contribution in [3.8, 4) is 0 Å². The lowest BCUT2D eigenvalue weighted by molar-refractivity contribution is 0.772. The fourth-order valence-electron chi connectivity index (χ4n) is 3.04. The third-order valence-electron chi connectivity index (χ3n) is 4.26. The average molecular weight is 305 g/mol. The Bertz CT molecular complexity index is 980. The van der Waals surface area contributed by atoms with E-state index in [4.69, 9.17) is 9.97 Å². The number of rotatable bonds is 4. The van der Waals surface area contributed by atoms with Crippen molar-refractivity contribution in [3.05, 3.63) is 54.4 Å². The third-order valence-corrected chi connectivity index (χ3v) is 4.26. The van der Waals surface area contributed by atoms with Crippen molar-refractivity contribution in [3.63, 3.8) is 0 Å². The minimum Gasteiger partial charge on any atom is -0.348 e. The monoisotopic (exact) mass is 305 g/mol. The van der Waals surface area contributed by atoms with E-state index < -0.39 is 0 Å². The number of para-hydroxylation sites is 4. The SMILES string of the molecule is CCn1c(NCc2nc3ccccc3n2C)nc2ccccc21. The van der Waals surface area contributed by atoms with Gasteiger partial charge in [0, 0.05) is 13.6 Å². The number of hydrogen-bond donors (Lipinski definition) is 1. The van der Waals surface area contributed by atoms with E-state index in [1.165, 1.54) is 0 Å². The molecule has 5 heteroatoms. The van der Waals surface area contributed by atoms with Crippen molar-refractivity contribution in [1.29, 1.82) is 0 Å². The van der Waals surface area contributed by atoms with Gasteiger partial charge in [0.15, 0.2) is 0 Å². The van der Waals surface area contributed by atoms with Gasteiger partial charge in [-0.25, -0.2) is 9.97 Å². The van der Waals surface area contributed by atoms with Crippen LogP contribution < -0.4 is 5.32 Å². The van der Waals surface area contributed by atoms with Crippen LogP contribution in [0.1, 0.15) is 12.7 Å². The van der Waals surface area contributed by atoms with Gasteiger partial charge in [0.05, 0.1) is 28.6 Å². The second kappa shape index (κ2) is 5.43. The van der Waals surface area contributed by atoms with Crippen LogP contribution in [0.2, 0.25) is 0 Å². The van der Waals surface area contributed by atoms with Gasteiger partial charge in [-0.2, -0.15) is 0 Å². The fraction of sp³-hybridized carbons (Fsp3) is 0.222. The van der Waals surface area contributed by atoms with Crippen LogP contribution in [-0.2, 0) is 20.1 Å². The number of benzene rings is 2. The van der Waals surface area contributed by atoms with Crippen molar-refractivity contribution in [2.45, 2.75) is 20.0 Å². The van der Waals surface area contributed by atoms with Crippen LogP contribution in [0.25, 0.3) is 22.1 Å². The number of nitrogens with one attached hydrogen (secondary N) is 1. The average Bonchev–Trinajstić information content (AvgIpc) is 3.10. The predicted molar refractivity (Wildman–Crippen MR) is 93.4 cm³/mol. The Morgan fingerprint density at radius 3 is 2.26 bits per heavy atom. The second-order valence-corrected chi connectivity index (χ2v) is 5.60. The lowest BCUT2D eigenvalue weighted by Gasteiger charge is -2.08. The molecule has 2 aromatic carbocycles. The van der Waals surface area contributed by atoms with E-state index in [-0.39, 0.29) is 0 Å². The first-order valence-electron chi connectivity index (χ1n) is 7.87. The van der Waals surface area contributed by atoms with Crippen LogP contribution in [0.5, 0.6) is 0 Å². The van der Waals surface area contributed by atoms with Crippen LogP contribution in [0.3, 0.4) is 0 Å². The molecule has 0 atom stereocenters. The van der Waals surface area contributed by atoms with Crippen LogP contribution >= 0.6 is 0 Å². The van der Waals surface area contributed by atoms with Crippen molar-refractivity contribution >= 4 is 28.0 Å². The molecule has 23 heavy (non-hydrogen) atoms. The molecule has 0 bridgehead atoms. The zero-order valence-corrected chi connectivity index (χ0v) is 13.3. The molecule has 4 rings (SSSR count). The normalized spacial score (nSPS) is 11.4. The molecule has 0 saturated heterocycles. The minimum atomic E-state index is 0.647. The maximum atomic E-state index is 4.70. The highest BCUT2D eigenvalue weighted by Gasteiger charge is 2.11. The summed E-state index contributed by atoms with van der Waals surface area (Å²) in [4.78, 5) is 9.40. The summed E-state index contributed by atoms with van der Waals surface area (Å²) < 4.78 is 4.32. The van der Waals surface area contributed by atoms with Crippen LogP contribution in [0.4, 0.5) is 5.95 Å². The number of anilines is 1. The number of hydrogen-bond acceptors (Lipinski definition) is 3. The molecule has 0 unspecified atom stereocenters. The van der Waals surface area contributed by atoms with Crippen LogP contribution in [-0.4, -0.2) is 19.1 Å². The predicted octanol–water partition coefficient (Wildman–Crippen LogP) is 3.56. The summed E-state index contributed by atoms with van der Waals surface area (Å²) in [7, 11) is 2.05. The highest BCUT2D eigenvalue weighted by Crippen LogP contribution is 2.20. The van der Waals surface area contributed by atoms with Gasteiger partial charge in [-0.1, -0.05) is 24.3 Å². The number of imidazole rings is 2. The lowest BCUT2D eigenvalue weighted by Crippen LogP contribution is -2.10. The van der Waals surface area contributed by atoms with Crippen molar-refractivity contribution in [2.24, 2.45) is 7.05 Å². The van der Waals surface area contributed by atoms with E-state index in [2.05, 4.69) is 40.6 Å². The first-order valence-corrected chi connectivity index (χ1v) is 7.87. The molecule has 0 spiro atoms. The molecule has 2 aromatic heterocycles. The summed E-state index contributed by atoms with van der Waals surface area (Å²) in [5.41, 5.74) is 4.34. The largest absolute Gasteiger partial charge is 0.348 e. The number of fused-ring (bicyclic) bond motifs is 2. The molecule has 0 saturated carbocycles. The third kappa shape index (κ3) is 2.25. The van der Waals surface area contributed by atoms with E-state index in [0.717, 1.165) is 40.4 Å². The maximum Gasteiger partial charge on any atom is 0.204 e. The number of aryl methyl sites for hydroxylation is 2. The molecule has 0 fully saturated rings. The zero-order valence-electron chi connectivity index (χ0n) is 13.3. The lowest BCUT2D eigenvalue weighted by atomic mass is 10.3. The Hall–Kier alpha value is -2.82. The Kier molecular flexibility index (Phi) is 3.26. The molecular formula is C18H19N5. The van der Waals surface area contributed by atoms with E-state index in [1.54, 1.807) is 0 Å². The highest BCUT2D eigenvalue weighted by atomic mass is 15.2. The van der Waals surface area contributed by atoms with Crippen LogP contribution in [0, 0.1) is 0 Å². The second-order valence-electron chi connectivity index (χ2n) is 5.60. The maximum absolute atomic E-state index is 4.70. The van der Waals surface area contributed by atoms with Gasteiger partial charge in [-0.3, -0.25) is 0 Å². The minimum absolute atomic E-state index is 0.647. The van der Waals surface area contributed by atoms with Gasteiger partial charge in [-0.05, 0) is 31.2 Å². The topological polar surface area (TPSA) is 47.7 Å². The fourth-order valence-corrected chi connectivity index (χ4v) is 3.04. The van der Waals surface area contributed by atoms with Gasteiger partial charge in [0.25, 0.3) is 0 Å². The summed E-state index contributed by atoms with van der Waals surface area (Å²) in [5.74, 6) is 1.89. The van der Waals surface area contributed by atoms with Crippen molar-refractivity contribution < 1.29 is 0 Å². The van der Waals surface area contributed by atoms with E-state index in [9.17, 15) is 0 Å². The van der Waals surface area contributed by atoms with Crippen molar-refractivity contribution in [1.82, 2.24) is 19.1 Å². The summed E-state index contributed by atoms with van der Waals surface area (Å²) in [6.45, 7) is 3.66. The van der Waals surface area contributed by atoms with E-state index >= 15 is 0 Å². The molecule has 0 amide bonds. The highest BCUT2D eigenvalue weighted by molar-refractivity contribution is 5.79. The van der Waals surface area contributed by atoms with Gasteiger partial charge in [-0.15, -0.1) is 0 Å². The first-order chi connectivity index (χ1) is 11.3. The summed E-state index contributed by atoms with van der Waals surface area (Å²) in [6, 6.07) is 16.4. The smallest absolute Gasteiger partial charge is 0.204 e. The van der Waals surface area contributed by atoms with Gasteiger partial charge in [0.2, 0.25) is 5.95 Å². The first kappa shape index (κ1) is 13.8. The number of aromatic nitrogens is 4. The van der Waals surface area contributed by atoms with E-state index in [1.807, 2.05) is 36.4 Å². The molecule has 1 N–H and O–H groups in total.